The first kappa shape index (κ1) is 17.2. The number of aromatic nitrogens is 2. The Morgan fingerprint density at radius 1 is 1.26 bits per heavy atom. The summed E-state index contributed by atoms with van der Waals surface area (Å²) in [6.45, 7) is 2.27. The summed E-state index contributed by atoms with van der Waals surface area (Å²) in [6, 6.07) is 10.8. The lowest BCUT2D eigenvalue weighted by Gasteiger charge is -2.05. The SMILES string of the molecule is CCc1cc(C(=O)NCCCS(=O)(=O)Cc2ccccc2)n[nH]1. The van der Waals surface area contributed by atoms with Crippen LogP contribution in [-0.2, 0) is 22.0 Å². The molecule has 0 saturated heterocycles. The predicted octanol–water partition coefficient (Wildman–Crippen LogP) is 1.71. The van der Waals surface area contributed by atoms with Crippen LogP contribution in [0.2, 0.25) is 0 Å². The lowest BCUT2D eigenvalue weighted by molar-refractivity contribution is 0.0948. The van der Waals surface area contributed by atoms with Crippen molar-refractivity contribution in [3.05, 3.63) is 53.3 Å². The number of nitrogens with zero attached hydrogens (tertiary/aromatic N) is 1. The second kappa shape index (κ2) is 7.92. The van der Waals surface area contributed by atoms with Crippen molar-refractivity contribution in [1.82, 2.24) is 15.5 Å². The van der Waals surface area contributed by atoms with Crippen LogP contribution in [0.3, 0.4) is 0 Å². The fourth-order valence-electron chi connectivity index (χ4n) is 2.14. The van der Waals surface area contributed by atoms with E-state index in [1.165, 1.54) is 0 Å². The van der Waals surface area contributed by atoms with Gasteiger partial charge >= 0.3 is 0 Å². The molecule has 0 spiro atoms. The smallest absolute Gasteiger partial charge is 0.271 e. The van der Waals surface area contributed by atoms with E-state index in [9.17, 15) is 13.2 Å². The van der Waals surface area contributed by atoms with Crippen LogP contribution >= 0.6 is 0 Å². The molecule has 0 aliphatic heterocycles. The molecule has 7 heteroatoms. The number of hydrogen-bond donors (Lipinski definition) is 2. The number of nitrogens with one attached hydrogen (secondary N) is 2. The minimum absolute atomic E-state index is 0.0288. The number of aryl methyl sites for hydroxylation is 1. The summed E-state index contributed by atoms with van der Waals surface area (Å²) in [5.74, 6) is -0.217. The van der Waals surface area contributed by atoms with E-state index in [0.29, 0.717) is 18.7 Å². The molecule has 124 valence electrons. The summed E-state index contributed by atoms with van der Waals surface area (Å²) < 4.78 is 24.1. The normalized spacial score (nSPS) is 11.3. The van der Waals surface area contributed by atoms with Crippen molar-refractivity contribution in [2.45, 2.75) is 25.5 Å². The average Bonchev–Trinajstić information content (AvgIpc) is 3.01. The standard InChI is InChI=1S/C16H21N3O3S/c1-2-14-11-15(19-18-14)16(20)17-9-6-10-23(21,22)12-13-7-4-3-5-8-13/h3-5,7-8,11H,2,6,9-10,12H2,1H3,(H,17,20)(H,18,19). The molecule has 1 aromatic carbocycles. The van der Waals surface area contributed by atoms with Gasteiger partial charge in [-0.2, -0.15) is 5.10 Å². The van der Waals surface area contributed by atoms with Crippen LogP contribution in [0.5, 0.6) is 0 Å². The van der Waals surface area contributed by atoms with Crippen molar-refractivity contribution < 1.29 is 13.2 Å². The van der Waals surface area contributed by atoms with Gasteiger partial charge in [0, 0.05) is 12.2 Å². The topological polar surface area (TPSA) is 91.9 Å². The number of benzene rings is 1. The largest absolute Gasteiger partial charge is 0.351 e. The van der Waals surface area contributed by atoms with Crippen molar-refractivity contribution in [2.75, 3.05) is 12.3 Å². The molecule has 1 heterocycles. The first-order valence-electron chi connectivity index (χ1n) is 7.57. The molecule has 2 N–H and O–H groups in total. The first-order chi connectivity index (χ1) is 11.0. The number of sulfone groups is 1. The Morgan fingerprint density at radius 3 is 2.65 bits per heavy atom. The molecule has 1 aromatic heterocycles. The Hall–Kier alpha value is -2.15. The third-order valence-electron chi connectivity index (χ3n) is 3.39. The molecule has 0 aliphatic rings. The molecule has 0 aliphatic carbocycles. The zero-order valence-electron chi connectivity index (χ0n) is 13.1. The number of H-pyrrole nitrogens is 1. The monoisotopic (exact) mass is 335 g/mol. The molecule has 0 radical (unpaired) electrons. The van der Waals surface area contributed by atoms with Crippen molar-refractivity contribution >= 4 is 15.7 Å². The van der Waals surface area contributed by atoms with Crippen molar-refractivity contribution in [2.24, 2.45) is 0 Å². The van der Waals surface area contributed by atoms with Gasteiger partial charge in [0.25, 0.3) is 5.91 Å². The molecule has 0 atom stereocenters. The summed E-state index contributed by atoms with van der Waals surface area (Å²) in [5, 5.41) is 9.37. The van der Waals surface area contributed by atoms with Crippen LogP contribution in [0.4, 0.5) is 0 Å². The first-order valence-corrected chi connectivity index (χ1v) is 9.39. The van der Waals surface area contributed by atoms with E-state index in [0.717, 1.165) is 17.7 Å². The minimum Gasteiger partial charge on any atom is -0.351 e. The lowest BCUT2D eigenvalue weighted by atomic mass is 10.2. The maximum atomic E-state index is 12.0. The molecule has 0 saturated carbocycles. The summed E-state index contributed by atoms with van der Waals surface area (Å²) in [5.41, 5.74) is 2.00. The number of amides is 1. The second-order valence-electron chi connectivity index (χ2n) is 5.32. The van der Waals surface area contributed by atoms with Gasteiger partial charge < -0.3 is 5.32 Å². The van der Waals surface area contributed by atoms with Crippen LogP contribution in [0.15, 0.2) is 36.4 Å². The van der Waals surface area contributed by atoms with Crippen molar-refractivity contribution in [3.8, 4) is 0 Å². The third kappa shape index (κ3) is 5.52. The van der Waals surface area contributed by atoms with E-state index in [4.69, 9.17) is 0 Å². The molecule has 0 bridgehead atoms. The van der Waals surface area contributed by atoms with Crippen LogP contribution in [0.1, 0.15) is 35.1 Å². The molecular formula is C16H21N3O3S. The number of aromatic amines is 1. The number of rotatable bonds is 8. The number of hydrogen-bond acceptors (Lipinski definition) is 4. The molecule has 0 fully saturated rings. The fraction of sp³-hybridized carbons (Fsp3) is 0.375. The summed E-state index contributed by atoms with van der Waals surface area (Å²) in [4.78, 5) is 11.8. The van der Waals surface area contributed by atoms with Gasteiger partial charge in [0.2, 0.25) is 0 Å². The molecule has 1 amide bonds. The van der Waals surface area contributed by atoms with Crippen LogP contribution in [0.25, 0.3) is 0 Å². The van der Waals surface area contributed by atoms with Crippen LogP contribution in [-0.4, -0.2) is 36.8 Å². The van der Waals surface area contributed by atoms with Crippen molar-refractivity contribution in [1.29, 1.82) is 0 Å². The second-order valence-corrected chi connectivity index (χ2v) is 7.50. The number of carbonyl (C=O) groups excluding carboxylic acids is 1. The molecule has 6 nitrogen and oxygen atoms in total. The molecule has 2 rings (SSSR count). The lowest BCUT2D eigenvalue weighted by Crippen LogP contribution is -2.26. The van der Waals surface area contributed by atoms with Crippen LogP contribution < -0.4 is 5.32 Å². The van der Waals surface area contributed by atoms with E-state index in [2.05, 4.69) is 15.5 Å². The van der Waals surface area contributed by atoms with E-state index in [1.807, 2.05) is 25.1 Å². The highest BCUT2D eigenvalue weighted by atomic mass is 32.2. The van der Waals surface area contributed by atoms with E-state index < -0.39 is 9.84 Å². The third-order valence-corrected chi connectivity index (χ3v) is 5.08. The minimum atomic E-state index is -3.17. The highest BCUT2D eigenvalue weighted by Crippen LogP contribution is 2.07. The highest BCUT2D eigenvalue weighted by molar-refractivity contribution is 7.90. The van der Waals surface area contributed by atoms with Gasteiger partial charge in [0.1, 0.15) is 5.69 Å². The van der Waals surface area contributed by atoms with Gasteiger partial charge in [-0.05, 0) is 24.5 Å². The Bertz CT molecular complexity index is 739. The zero-order valence-corrected chi connectivity index (χ0v) is 13.9. The van der Waals surface area contributed by atoms with E-state index in [-0.39, 0.29) is 17.4 Å². The highest BCUT2D eigenvalue weighted by Gasteiger charge is 2.13. The summed E-state index contributed by atoms with van der Waals surface area (Å²) in [7, 11) is -3.17. The van der Waals surface area contributed by atoms with Gasteiger partial charge in [-0.3, -0.25) is 9.89 Å². The molecular weight excluding hydrogens is 314 g/mol. The van der Waals surface area contributed by atoms with Crippen LogP contribution in [0, 0.1) is 0 Å². The quantitative estimate of drug-likeness (QED) is 0.718. The zero-order chi connectivity index (χ0) is 16.7. The Kier molecular flexibility index (Phi) is 5.92. The Balaban J connectivity index is 1.75. The van der Waals surface area contributed by atoms with Gasteiger partial charge in [-0.25, -0.2) is 8.42 Å². The van der Waals surface area contributed by atoms with E-state index >= 15 is 0 Å². The Labute approximate surface area is 136 Å². The number of carbonyl (C=O) groups is 1. The van der Waals surface area contributed by atoms with Gasteiger partial charge in [0.15, 0.2) is 9.84 Å². The van der Waals surface area contributed by atoms with Gasteiger partial charge in [-0.1, -0.05) is 37.3 Å². The maximum absolute atomic E-state index is 12.0. The Morgan fingerprint density at radius 2 is 2.00 bits per heavy atom. The fourth-order valence-corrected chi connectivity index (χ4v) is 3.57. The van der Waals surface area contributed by atoms with E-state index in [1.54, 1.807) is 18.2 Å². The predicted molar refractivity (Wildman–Crippen MR) is 88.8 cm³/mol. The average molecular weight is 335 g/mol. The summed E-state index contributed by atoms with van der Waals surface area (Å²) >= 11 is 0. The molecule has 2 aromatic rings. The van der Waals surface area contributed by atoms with Crippen molar-refractivity contribution in [3.63, 3.8) is 0 Å². The summed E-state index contributed by atoms with van der Waals surface area (Å²) in [6.07, 6.45) is 1.16. The van der Waals surface area contributed by atoms with Gasteiger partial charge in [-0.15, -0.1) is 0 Å². The maximum Gasteiger partial charge on any atom is 0.271 e. The molecule has 0 unspecified atom stereocenters. The molecule has 23 heavy (non-hydrogen) atoms. The van der Waals surface area contributed by atoms with Gasteiger partial charge in [0.05, 0.1) is 11.5 Å².